The van der Waals surface area contributed by atoms with Gasteiger partial charge in [0.15, 0.2) is 0 Å². The van der Waals surface area contributed by atoms with E-state index in [9.17, 15) is 0 Å². The number of fused-ring (bicyclic) bond motifs is 6. The highest BCUT2D eigenvalue weighted by Gasteiger charge is 2.19. The summed E-state index contributed by atoms with van der Waals surface area (Å²) in [7, 11) is 0. The molecule has 4 heteroatoms. The summed E-state index contributed by atoms with van der Waals surface area (Å²) >= 11 is 0. The fourth-order valence-corrected chi connectivity index (χ4v) is 8.52. The van der Waals surface area contributed by atoms with E-state index in [1.54, 1.807) is 6.20 Å². The van der Waals surface area contributed by atoms with E-state index in [4.69, 9.17) is 9.97 Å². The third kappa shape index (κ3) is 5.03. The highest BCUT2D eigenvalue weighted by atomic mass is 15.1. The lowest BCUT2D eigenvalue weighted by Gasteiger charge is -2.18. The number of aromatic nitrogens is 4. The van der Waals surface area contributed by atoms with Crippen molar-refractivity contribution >= 4 is 54.1 Å². The second-order valence-electron chi connectivity index (χ2n) is 14.0. The molecule has 0 bridgehead atoms. The molecule has 0 saturated carbocycles. The molecule has 0 fully saturated rings. The third-order valence-electron chi connectivity index (χ3n) is 11.0. The van der Waals surface area contributed by atoms with Crippen LogP contribution in [-0.2, 0) is 0 Å². The zero-order valence-electron chi connectivity index (χ0n) is 29.8. The molecule has 55 heavy (non-hydrogen) atoms. The van der Waals surface area contributed by atoms with E-state index in [1.165, 1.54) is 54.6 Å². The topological polar surface area (TPSA) is 43.6 Å². The smallest absolute Gasteiger partial charge is 0.137 e. The van der Waals surface area contributed by atoms with Crippen LogP contribution in [-0.4, -0.2) is 19.5 Å². The maximum absolute atomic E-state index is 5.10. The summed E-state index contributed by atoms with van der Waals surface area (Å²) in [6.45, 7) is 0. The van der Waals surface area contributed by atoms with Crippen molar-refractivity contribution in [1.29, 1.82) is 0 Å². The third-order valence-corrected chi connectivity index (χ3v) is 11.0. The molecule has 4 heterocycles. The Kier molecular flexibility index (Phi) is 7.14. The lowest BCUT2D eigenvalue weighted by atomic mass is 9.85. The van der Waals surface area contributed by atoms with Crippen molar-refractivity contribution in [2.24, 2.45) is 0 Å². The van der Waals surface area contributed by atoms with Crippen molar-refractivity contribution in [2.75, 3.05) is 0 Å². The second kappa shape index (κ2) is 12.6. The van der Waals surface area contributed by atoms with Crippen LogP contribution in [0.1, 0.15) is 0 Å². The van der Waals surface area contributed by atoms with Gasteiger partial charge in [-0.15, -0.1) is 0 Å². The highest BCUT2D eigenvalue weighted by Crippen LogP contribution is 2.45. The molecule has 4 nitrogen and oxygen atoms in total. The van der Waals surface area contributed by atoms with E-state index in [2.05, 4.69) is 173 Å². The van der Waals surface area contributed by atoms with Gasteiger partial charge in [0.2, 0.25) is 0 Å². The molecule has 11 rings (SSSR count). The van der Waals surface area contributed by atoms with Crippen molar-refractivity contribution in [2.45, 2.75) is 0 Å². The van der Waals surface area contributed by atoms with Gasteiger partial charge in [0.05, 0.1) is 16.7 Å². The summed E-state index contributed by atoms with van der Waals surface area (Å²) < 4.78 is 2.24. The molecule has 0 spiro atoms. The zero-order valence-corrected chi connectivity index (χ0v) is 29.8. The summed E-state index contributed by atoms with van der Waals surface area (Å²) in [4.78, 5) is 14.3. The fourth-order valence-electron chi connectivity index (χ4n) is 8.52. The van der Waals surface area contributed by atoms with Gasteiger partial charge in [-0.05, 0) is 109 Å². The Labute approximate surface area is 317 Å². The number of benzene rings is 7. The Morgan fingerprint density at radius 3 is 1.71 bits per heavy atom. The predicted octanol–water partition coefficient (Wildman–Crippen LogP) is 13.1. The predicted molar refractivity (Wildman–Crippen MR) is 228 cm³/mol. The van der Waals surface area contributed by atoms with Crippen LogP contribution in [0.3, 0.4) is 0 Å². The van der Waals surface area contributed by atoms with Gasteiger partial charge in [0.1, 0.15) is 5.82 Å². The molecule has 0 aliphatic heterocycles. The van der Waals surface area contributed by atoms with E-state index < -0.39 is 0 Å². The Bertz CT molecular complexity index is 3200. The molecule has 0 aliphatic carbocycles. The number of pyridine rings is 3. The summed E-state index contributed by atoms with van der Waals surface area (Å²) in [6, 6.07) is 60.9. The van der Waals surface area contributed by atoms with Crippen molar-refractivity contribution < 1.29 is 0 Å². The Morgan fingerprint density at radius 2 is 1.00 bits per heavy atom. The first-order valence-corrected chi connectivity index (χ1v) is 18.6. The maximum Gasteiger partial charge on any atom is 0.137 e. The standard InChI is InChI=1S/C51H32N4/c1-2-12-34-29-37(23-22-33(34)11-1)49-42-18-5-3-16-40(42)48(41-17-4-6-19-43(41)49)36-14-9-13-35(30-36)38-24-25-47(54-32-38)55-45-21-8-7-20-44(45)50-46(55)26-28-53-51(50)39-15-10-27-52-31-39/h1-32H. The van der Waals surface area contributed by atoms with Crippen LogP contribution in [0.5, 0.6) is 0 Å². The van der Waals surface area contributed by atoms with Gasteiger partial charge in [-0.2, -0.15) is 0 Å². The Hall–Kier alpha value is -7.43. The van der Waals surface area contributed by atoms with Gasteiger partial charge in [0.25, 0.3) is 0 Å². The molecule has 11 aromatic rings. The van der Waals surface area contributed by atoms with Crippen LogP contribution < -0.4 is 0 Å². The quantitative estimate of drug-likeness (QED) is 0.168. The van der Waals surface area contributed by atoms with Crippen LogP contribution in [0.2, 0.25) is 0 Å². The molecular weight excluding hydrogens is 669 g/mol. The normalized spacial score (nSPS) is 11.6. The zero-order chi connectivity index (χ0) is 36.3. The van der Waals surface area contributed by atoms with Crippen molar-refractivity contribution in [3.63, 3.8) is 0 Å². The molecule has 4 aromatic heterocycles. The van der Waals surface area contributed by atoms with Crippen molar-refractivity contribution in [3.8, 4) is 50.5 Å². The number of nitrogens with zero attached hydrogens (tertiary/aromatic N) is 4. The molecule has 0 amide bonds. The van der Waals surface area contributed by atoms with E-state index in [0.717, 1.165) is 50.0 Å². The highest BCUT2D eigenvalue weighted by molar-refractivity contribution is 6.22. The molecular formula is C51H32N4. The maximum atomic E-state index is 5.10. The second-order valence-corrected chi connectivity index (χ2v) is 14.0. The lowest BCUT2D eigenvalue weighted by Crippen LogP contribution is -1.97. The number of hydrogen-bond acceptors (Lipinski definition) is 3. The van der Waals surface area contributed by atoms with Gasteiger partial charge in [-0.25, -0.2) is 4.98 Å². The van der Waals surface area contributed by atoms with Gasteiger partial charge in [0, 0.05) is 46.7 Å². The van der Waals surface area contributed by atoms with Crippen molar-refractivity contribution in [3.05, 3.63) is 195 Å². The summed E-state index contributed by atoms with van der Waals surface area (Å²) in [5.41, 5.74) is 11.1. The Balaban J connectivity index is 1.04. The molecule has 256 valence electrons. The molecule has 0 radical (unpaired) electrons. The first-order valence-electron chi connectivity index (χ1n) is 18.6. The molecule has 0 N–H and O–H groups in total. The lowest BCUT2D eigenvalue weighted by molar-refractivity contribution is 1.08. The van der Waals surface area contributed by atoms with Gasteiger partial charge in [-0.1, -0.05) is 121 Å². The van der Waals surface area contributed by atoms with Crippen LogP contribution in [0.25, 0.3) is 105 Å². The molecule has 0 unspecified atom stereocenters. The van der Waals surface area contributed by atoms with Gasteiger partial charge in [-0.3, -0.25) is 14.5 Å². The average Bonchev–Trinajstić information content (AvgIpc) is 3.60. The van der Waals surface area contributed by atoms with E-state index in [0.29, 0.717) is 0 Å². The van der Waals surface area contributed by atoms with Crippen LogP contribution in [0, 0.1) is 0 Å². The van der Waals surface area contributed by atoms with Gasteiger partial charge >= 0.3 is 0 Å². The first kappa shape index (κ1) is 31.1. The molecule has 0 saturated heterocycles. The minimum absolute atomic E-state index is 0.857. The fraction of sp³-hybridized carbons (Fsp3) is 0. The minimum atomic E-state index is 0.857. The first-order chi connectivity index (χ1) is 27.3. The van der Waals surface area contributed by atoms with Gasteiger partial charge < -0.3 is 0 Å². The Morgan fingerprint density at radius 1 is 0.364 bits per heavy atom. The van der Waals surface area contributed by atoms with Crippen LogP contribution in [0.4, 0.5) is 0 Å². The van der Waals surface area contributed by atoms with E-state index in [-0.39, 0.29) is 0 Å². The monoisotopic (exact) mass is 700 g/mol. The average molecular weight is 701 g/mol. The largest absolute Gasteiger partial charge is 0.294 e. The molecule has 7 aromatic carbocycles. The van der Waals surface area contributed by atoms with Crippen LogP contribution >= 0.6 is 0 Å². The molecule has 0 aliphatic rings. The van der Waals surface area contributed by atoms with E-state index in [1.807, 2.05) is 24.7 Å². The number of para-hydroxylation sites is 1. The SMILES string of the molecule is c1cc(-c2ccc(-n3c4ccccc4c4c(-c5cccnc5)nccc43)nc2)cc(-c2c3ccccc3c(-c3ccc4ccccc4c3)c3ccccc23)c1. The molecule has 0 atom stereocenters. The summed E-state index contributed by atoms with van der Waals surface area (Å²) in [6.07, 6.45) is 7.54. The number of hydrogen-bond donors (Lipinski definition) is 0. The summed E-state index contributed by atoms with van der Waals surface area (Å²) in [5, 5.41) is 9.69. The number of rotatable bonds is 5. The minimum Gasteiger partial charge on any atom is -0.294 e. The van der Waals surface area contributed by atoms with Crippen LogP contribution in [0.15, 0.2) is 195 Å². The van der Waals surface area contributed by atoms with E-state index >= 15 is 0 Å². The summed E-state index contributed by atoms with van der Waals surface area (Å²) in [5.74, 6) is 0.857. The van der Waals surface area contributed by atoms with Crippen molar-refractivity contribution in [1.82, 2.24) is 19.5 Å².